The van der Waals surface area contributed by atoms with E-state index in [1.807, 2.05) is 31.7 Å². The minimum absolute atomic E-state index is 0. The molecule has 182 valence electrons. The van der Waals surface area contributed by atoms with Crippen LogP contribution in [0.3, 0.4) is 0 Å². The normalized spacial score (nSPS) is 23.2. The fourth-order valence-corrected chi connectivity index (χ4v) is 4.78. The van der Waals surface area contributed by atoms with E-state index in [1.54, 1.807) is 7.05 Å². The van der Waals surface area contributed by atoms with E-state index < -0.39 is 5.60 Å². The van der Waals surface area contributed by atoms with Gasteiger partial charge in [-0.1, -0.05) is 19.0 Å². The lowest BCUT2D eigenvalue weighted by molar-refractivity contribution is 0.00544. The van der Waals surface area contributed by atoms with E-state index in [0.717, 1.165) is 55.9 Å². The molecule has 0 aliphatic carbocycles. The van der Waals surface area contributed by atoms with E-state index in [9.17, 15) is 4.79 Å². The lowest BCUT2D eigenvalue weighted by Crippen LogP contribution is -2.54. The first kappa shape index (κ1) is 26.7. The highest BCUT2D eigenvalue weighted by atomic mass is 127. The van der Waals surface area contributed by atoms with Crippen molar-refractivity contribution in [1.29, 1.82) is 0 Å². The second-order valence-electron chi connectivity index (χ2n) is 9.74. The molecule has 0 radical (unpaired) electrons. The van der Waals surface area contributed by atoms with Gasteiger partial charge < -0.3 is 24.8 Å². The van der Waals surface area contributed by atoms with Crippen molar-refractivity contribution in [2.45, 2.75) is 109 Å². The molecule has 1 aromatic heterocycles. The van der Waals surface area contributed by atoms with Gasteiger partial charge in [0, 0.05) is 37.2 Å². The SMILES string of the molecule is CCC(CC)c1cc(CNC(=NC)NC2CC3CCC(C2)N3C(=O)OC(C)(C)C)on1.I. The van der Waals surface area contributed by atoms with Crippen molar-refractivity contribution in [2.24, 2.45) is 4.99 Å². The summed E-state index contributed by atoms with van der Waals surface area (Å²) in [6.45, 7) is 10.6. The molecule has 1 amide bonds. The monoisotopic (exact) mass is 561 g/mol. The summed E-state index contributed by atoms with van der Waals surface area (Å²) in [5.41, 5.74) is 0.558. The first-order valence-electron chi connectivity index (χ1n) is 11.7. The summed E-state index contributed by atoms with van der Waals surface area (Å²) >= 11 is 0. The molecule has 2 atom stereocenters. The molecule has 2 saturated heterocycles. The minimum Gasteiger partial charge on any atom is -0.444 e. The maximum atomic E-state index is 12.6. The Kier molecular flexibility index (Phi) is 9.66. The average molecular weight is 562 g/mol. The Morgan fingerprint density at radius 1 is 1.28 bits per heavy atom. The number of amides is 1. The largest absolute Gasteiger partial charge is 0.444 e. The van der Waals surface area contributed by atoms with Gasteiger partial charge in [-0.25, -0.2) is 4.79 Å². The molecule has 2 unspecified atom stereocenters. The number of guanidine groups is 1. The summed E-state index contributed by atoms with van der Waals surface area (Å²) in [5, 5.41) is 11.1. The van der Waals surface area contributed by atoms with Gasteiger partial charge in [0.15, 0.2) is 11.7 Å². The number of hydrogen-bond donors (Lipinski definition) is 2. The standard InChI is InChI=1S/C23H39N5O3.HI/c1-7-15(8-2)20-13-19(31-27-20)14-25-21(24-6)26-16-11-17-9-10-18(12-16)28(17)22(29)30-23(3,4)5;/h13,15-18H,7-12,14H2,1-6H3,(H2,24,25,26);1H. The van der Waals surface area contributed by atoms with Gasteiger partial charge >= 0.3 is 6.09 Å². The number of fused-ring (bicyclic) bond motifs is 2. The molecule has 3 rings (SSSR count). The summed E-state index contributed by atoms with van der Waals surface area (Å²) < 4.78 is 11.1. The van der Waals surface area contributed by atoms with E-state index in [2.05, 4.69) is 34.6 Å². The second kappa shape index (κ2) is 11.6. The number of nitrogens with zero attached hydrogens (tertiary/aromatic N) is 3. The quantitative estimate of drug-likeness (QED) is 0.295. The zero-order chi connectivity index (χ0) is 22.6. The van der Waals surface area contributed by atoms with Crippen LogP contribution in [0, 0.1) is 0 Å². The van der Waals surface area contributed by atoms with Crippen LogP contribution in [0.2, 0.25) is 0 Å². The molecule has 0 spiro atoms. The van der Waals surface area contributed by atoms with Crippen LogP contribution in [-0.2, 0) is 11.3 Å². The second-order valence-corrected chi connectivity index (χ2v) is 9.74. The number of piperidine rings is 1. The number of carbonyl (C=O) groups is 1. The molecule has 0 aromatic carbocycles. The zero-order valence-electron chi connectivity index (χ0n) is 20.3. The molecule has 2 aliphatic rings. The van der Waals surface area contributed by atoms with Crippen LogP contribution in [0.4, 0.5) is 4.79 Å². The van der Waals surface area contributed by atoms with E-state index in [-0.39, 0.29) is 48.2 Å². The van der Waals surface area contributed by atoms with Gasteiger partial charge in [0.05, 0.1) is 12.2 Å². The summed E-state index contributed by atoms with van der Waals surface area (Å²) in [6.07, 6.45) is 5.80. The third kappa shape index (κ3) is 6.74. The Morgan fingerprint density at radius 3 is 2.44 bits per heavy atom. The summed E-state index contributed by atoms with van der Waals surface area (Å²) in [7, 11) is 1.77. The summed E-state index contributed by atoms with van der Waals surface area (Å²) in [5.74, 6) is 2.00. The highest BCUT2D eigenvalue weighted by Gasteiger charge is 2.45. The molecule has 2 aliphatic heterocycles. The van der Waals surface area contributed by atoms with Crippen LogP contribution >= 0.6 is 24.0 Å². The number of aliphatic imine (C=N–C) groups is 1. The third-order valence-electron chi connectivity index (χ3n) is 6.31. The fourth-order valence-electron chi connectivity index (χ4n) is 4.78. The van der Waals surface area contributed by atoms with E-state index in [0.29, 0.717) is 12.5 Å². The lowest BCUT2D eigenvalue weighted by atomic mass is 9.98. The molecule has 3 heterocycles. The zero-order valence-corrected chi connectivity index (χ0v) is 22.6. The van der Waals surface area contributed by atoms with Crippen molar-refractivity contribution in [1.82, 2.24) is 20.7 Å². The van der Waals surface area contributed by atoms with Gasteiger partial charge in [-0.2, -0.15) is 0 Å². The topological polar surface area (TPSA) is 92.0 Å². The Hall–Kier alpha value is -1.52. The smallest absolute Gasteiger partial charge is 0.410 e. The van der Waals surface area contributed by atoms with Gasteiger partial charge in [0.2, 0.25) is 0 Å². The van der Waals surface area contributed by atoms with Crippen molar-refractivity contribution in [3.05, 3.63) is 17.5 Å². The molecule has 2 bridgehead atoms. The van der Waals surface area contributed by atoms with Crippen molar-refractivity contribution in [3.63, 3.8) is 0 Å². The van der Waals surface area contributed by atoms with Crippen molar-refractivity contribution < 1.29 is 14.1 Å². The van der Waals surface area contributed by atoms with Crippen LogP contribution in [-0.4, -0.2) is 52.9 Å². The van der Waals surface area contributed by atoms with Crippen LogP contribution in [0.1, 0.15) is 90.5 Å². The third-order valence-corrected chi connectivity index (χ3v) is 6.31. The van der Waals surface area contributed by atoms with Crippen molar-refractivity contribution in [3.8, 4) is 0 Å². The number of nitrogens with one attached hydrogen (secondary N) is 2. The van der Waals surface area contributed by atoms with E-state index in [1.165, 1.54) is 0 Å². The molecule has 9 heteroatoms. The number of aromatic nitrogens is 1. The molecule has 1 aromatic rings. The van der Waals surface area contributed by atoms with Gasteiger partial charge in [-0.3, -0.25) is 4.99 Å². The Labute approximate surface area is 209 Å². The number of rotatable bonds is 6. The van der Waals surface area contributed by atoms with Gasteiger partial charge in [-0.15, -0.1) is 24.0 Å². The Bertz CT molecular complexity index is 758. The molecule has 2 N–H and O–H groups in total. The van der Waals surface area contributed by atoms with Crippen LogP contribution in [0.25, 0.3) is 0 Å². The summed E-state index contributed by atoms with van der Waals surface area (Å²) in [4.78, 5) is 19.0. The first-order chi connectivity index (χ1) is 14.7. The highest BCUT2D eigenvalue weighted by Crippen LogP contribution is 2.36. The van der Waals surface area contributed by atoms with E-state index in [4.69, 9.17) is 9.26 Å². The molecule has 32 heavy (non-hydrogen) atoms. The number of carbonyl (C=O) groups excluding carboxylic acids is 1. The van der Waals surface area contributed by atoms with Crippen molar-refractivity contribution in [2.75, 3.05) is 7.05 Å². The van der Waals surface area contributed by atoms with Crippen molar-refractivity contribution >= 4 is 36.0 Å². The maximum absolute atomic E-state index is 12.6. The molecular formula is C23H40IN5O3. The summed E-state index contributed by atoms with van der Waals surface area (Å²) in [6, 6.07) is 2.76. The fraction of sp³-hybridized carbons (Fsp3) is 0.783. The number of ether oxygens (including phenoxy) is 1. The van der Waals surface area contributed by atoms with Crippen LogP contribution in [0.5, 0.6) is 0 Å². The number of halogens is 1. The predicted molar refractivity (Wildman–Crippen MR) is 136 cm³/mol. The highest BCUT2D eigenvalue weighted by molar-refractivity contribution is 14.0. The maximum Gasteiger partial charge on any atom is 0.410 e. The van der Waals surface area contributed by atoms with Gasteiger partial charge in [-0.05, 0) is 59.3 Å². The first-order valence-corrected chi connectivity index (χ1v) is 11.7. The number of hydrogen-bond acceptors (Lipinski definition) is 5. The molecule has 0 saturated carbocycles. The lowest BCUT2D eigenvalue weighted by Gasteiger charge is -2.40. The average Bonchev–Trinajstić information content (AvgIpc) is 3.27. The molecular weight excluding hydrogens is 521 g/mol. The van der Waals surface area contributed by atoms with Gasteiger partial charge in [0.25, 0.3) is 0 Å². The van der Waals surface area contributed by atoms with Crippen LogP contribution in [0.15, 0.2) is 15.6 Å². The Morgan fingerprint density at radius 2 is 1.91 bits per heavy atom. The molecule has 8 nitrogen and oxygen atoms in total. The Balaban J connectivity index is 0.00000363. The predicted octanol–water partition coefficient (Wildman–Crippen LogP) is 4.79. The minimum atomic E-state index is -0.466. The van der Waals surface area contributed by atoms with Crippen LogP contribution < -0.4 is 10.6 Å². The van der Waals surface area contributed by atoms with Gasteiger partial charge in [0.1, 0.15) is 5.60 Å². The molecule has 2 fully saturated rings. The van der Waals surface area contributed by atoms with E-state index >= 15 is 0 Å².